The SMILES string of the molecule is Cc1noc(C)c1CNCc1ccc(CS(C)(=O)=O)cc1. The zero-order chi connectivity index (χ0) is 15.5. The minimum Gasteiger partial charge on any atom is -0.361 e. The number of hydrogen-bond acceptors (Lipinski definition) is 5. The van der Waals surface area contributed by atoms with Crippen LogP contribution in [0.4, 0.5) is 0 Å². The standard InChI is InChI=1S/C15H20N2O3S/c1-11-15(12(2)20-17-11)9-16-8-13-4-6-14(7-5-13)10-21(3,18)19/h4-7,16H,8-10H2,1-3H3. The minimum atomic E-state index is -2.98. The third-order valence-corrected chi connectivity index (χ3v) is 4.12. The molecular formula is C15H20N2O3S. The molecule has 0 radical (unpaired) electrons. The normalized spacial score (nSPS) is 11.8. The monoisotopic (exact) mass is 308 g/mol. The molecule has 0 aliphatic carbocycles. The molecule has 0 aliphatic rings. The van der Waals surface area contributed by atoms with Gasteiger partial charge in [-0.1, -0.05) is 29.4 Å². The summed E-state index contributed by atoms with van der Waals surface area (Å²) < 4.78 is 27.6. The van der Waals surface area contributed by atoms with Crippen molar-refractivity contribution in [2.75, 3.05) is 6.26 Å². The lowest BCUT2D eigenvalue weighted by Crippen LogP contribution is -2.13. The molecule has 1 N–H and O–H groups in total. The molecule has 21 heavy (non-hydrogen) atoms. The van der Waals surface area contributed by atoms with Crippen LogP contribution in [0.1, 0.15) is 28.1 Å². The Bertz CT molecular complexity index is 684. The second kappa shape index (κ2) is 6.41. The summed E-state index contributed by atoms with van der Waals surface area (Å²) in [7, 11) is -2.98. The molecule has 2 aromatic rings. The van der Waals surface area contributed by atoms with Crippen molar-refractivity contribution in [3.63, 3.8) is 0 Å². The zero-order valence-corrected chi connectivity index (χ0v) is 13.3. The first kappa shape index (κ1) is 15.7. The fourth-order valence-corrected chi connectivity index (χ4v) is 2.94. The van der Waals surface area contributed by atoms with Crippen molar-refractivity contribution in [2.45, 2.75) is 32.7 Å². The maximum absolute atomic E-state index is 11.2. The maximum atomic E-state index is 11.2. The fourth-order valence-electron chi connectivity index (χ4n) is 2.14. The Balaban J connectivity index is 1.89. The molecule has 0 saturated carbocycles. The summed E-state index contributed by atoms with van der Waals surface area (Å²) in [5.41, 5.74) is 3.91. The van der Waals surface area contributed by atoms with Crippen molar-refractivity contribution in [3.8, 4) is 0 Å². The molecule has 114 valence electrons. The molecule has 5 nitrogen and oxygen atoms in total. The van der Waals surface area contributed by atoms with E-state index in [0.717, 1.165) is 28.1 Å². The predicted molar refractivity (Wildman–Crippen MR) is 81.5 cm³/mol. The first-order valence-corrected chi connectivity index (χ1v) is 8.79. The van der Waals surface area contributed by atoms with Gasteiger partial charge in [0.25, 0.3) is 0 Å². The average Bonchev–Trinajstić information content (AvgIpc) is 2.70. The van der Waals surface area contributed by atoms with Crippen LogP contribution in [0.5, 0.6) is 0 Å². The molecule has 0 spiro atoms. The Morgan fingerprint density at radius 1 is 1.10 bits per heavy atom. The van der Waals surface area contributed by atoms with Crippen LogP contribution in [0.3, 0.4) is 0 Å². The molecular weight excluding hydrogens is 288 g/mol. The van der Waals surface area contributed by atoms with Crippen molar-refractivity contribution < 1.29 is 12.9 Å². The smallest absolute Gasteiger partial charge is 0.151 e. The molecule has 0 atom stereocenters. The molecule has 1 aromatic heterocycles. The van der Waals surface area contributed by atoms with E-state index < -0.39 is 9.84 Å². The molecule has 1 aromatic carbocycles. The van der Waals surface area contributed by atoms with Gasteiger partial charge in [-0.3, -0.25) is 0 Å². The van der Waals surface area contributed by atoms with E-state index in [1.54, 1.807) is 0 Å². The van der Waals surface area contributed by atoms with Gasteiger partial charge in [-0.2, -0.15) is 0 Å². The minimum absolute atomic E-state index is 0.0831. The molecule has 0 fully saturated rings. The lowest BCUT2D eigenvalue weighted by Gasteiger charge is -2.06. The molecule has 0 amide bonds. The number of sulfone groups is 1. The maximum Gasteiger partial charge on any atom is 0.151 e. The van der Waals surface area contributed by atoms with E-state index in [1.807, 2.05) is 38.1 Å². The van der Waals surface area contributed by atoms with Gasteiger partial charge in [0.15, 0.2) is 9.84 Å². The van der Waals surface area contributed by atoms with Gasteiger partial charge >= 0.3 is 0 Å². The summed E-state index contributed by atoms with van der Waals surface area (Å²) in [6.07, 6.45) is 1.24. The summed E-state index contributed by atoms with van der Waals surface area (Å²) in [5.74, 6) is 0.920. The number of hydrogen-bond donors (Lipinski definition) is 1. The van der Waals surface area contributed by atoms with Crippen LogP contribution in [0.25, 0.3) is 0 Å². The second-order valence-electron chi connectivity index (χ2n) is 5.29. The Labute approximate surface area is 125 Å². The van der Waals surface area contributed by atoms with Crippen molar-refractivity contribution in [1.29, 1.82) is 0 Å². The van der Waals surface area contributed by atoms with E-state index in [1.165, 1.54) is 6.26 Å². The molecule has 6 heteroatoms. The Hall–Kier alpha value is -1.66. The number of aryl methyl sites for hydroxylation is 2. The Morgan fingerprint density at radius 2 is 1.71 bits per heavy atom. The third-order valence-electron chi connectivity index (χ3n) is 3.26. The molecule has 1 heterocycles. The van der Waals surface area contributed by atoms with Gasteiger partial charge in [0, 0.05) is 24.9 Å². The second-order valence-corrected chi connectivity index (χ2v) is 7.43. The van der Waals surface area contributed by atoms with Gasteiger partial charge in [-0.05, 0) is 25.0 Å². The Morgan fingerprint density at radius 3 is 2.24 bits per heavy atom. The van der Waals surface area contributed by atoms with Crippen molar-refractivity contribution in [1.82, 2.24) is 10.5 Å². The number of rotatable bonds is 6. The summed E-state index contributed by atoms with van der Waals surface area (Å²) in [4.78, 5) is 0. The van der Waals surface area contributed by atoms with E-state index in [-0.39, 0.29) is 5.75 Å². The number of benzene rings is 1. The van der Waals surface area contributed by atoms with Crippen molar-refractivity contribution in [2.24, 2.45) is 0 Å². The van der Waals surface area contributed by atoms with E-state index in [0.29, 0.717) is 13.1 Å². The first-order valence-electron chi connectivity index (χ1n) is 6.73. The van der Waals surface area contributed by atoms with Crippen LogP contribution < -0.4 is 5.32 Å². The zero-order valence-electron chi connectivity index (χ0n) is 12.5. The first-order chi connectivity index (χ1) is 9.85. The van der Waals surface area contributed by atoms with E-state index in [4.69, 9.17) is 4.52 Å². The van der Waals surface area contributed by atoms with Crippen LogP contribution in [-0.4, -0.2) is 19.8 Å². The molecule has 0 aliphatic heterocycles. The molecule has 0 unspecified atom stereocenters. The lowest BCUT2D eigenvalue weighted by atomic mass is 10.1. The Kier molecular flexibility index (Phi) is 4.80. The largest absolute Gasteiger partial charge is 0.361 e. The van der Waals surface area contributed by atoms with Crippen molar-refractivity contribution in [3.05, 3.63) is 52.4 Å². The highest BCUT2D eigenvalue weighted by Gasteiger charge is 2.08. The van der Waals surface area contributed by atoms with Gasteiger partial charge in [-0.25, -0.2) is 8.42 Å². The van der Waals surface area contributed by atoms with Crippen LogP contribution in [0.15, 0.2) is 28.8 Å². The van der Waals surface area contributed by atoms with Crippen LogP contribution in [-0.2, 0) is 28.7 Å². The summed E-state index contributed by atoms with van der Waals surface area (Å²) in [6, 6.07) is 7.60. The van der Waals surface area contributed by atoms with E-state index in [2.05, 4.69) is 10.5 Å². The third kappa shape index (κ3) is 4.68. The number of nitrogens with one attached hydrogen (secondary N) is 1. The fraction of sp³-hybridized carbons (Fsp3) is 0.400. The van der Waals surface area contributed by atoms with Crippen molar-refractivity contribution >= 4 is 9.84 Å². The molecule has 2 rings (SSSR count). The van der Waals surface area contributed by atoms with Crippen LogP contribution >= 0.6 is 0 Å². The topological polar surface area (TPSA) is 72.2 Å². The van der Waals surface area contributed by atoms with Gasteiger partial charge in [0.1, 0.15) is 5.76 Å². The van der Waals surface area contributed by atoms with Crippen LogP contribution in [0.2, 0.25) is 0 Å². The van der Waals surface area contributed by atoms with Crippen LogP contribution in [0, 0.1) is 13.8 Å². The van der Waals surface area contributed by atoms with Gasteiger partial charge < -0.3 is 9.84 Å². The quantitative estimate of drug-likeness (QED) is 0.885. The summed E-state index contributed by atoms with van der Waals surface area (Å²) in [5, 5.41) is 7.25. The average molecular weight is 308 g/mol. The van der Waals surface area contributed by atoms with Gasteiger partial charge in [0.05, 0.1) is 11.4 Å². The number of nitrogens with zero attached hydrogens (tertiary/aromatic N) is 1. The summed E-state index contributed by atoms with van der Waals surface area (Å²) in [6.45, 7) is 5.24. The highest BCUT2D eigenvalue weighted by molar-refractivity contribution is 7.89. The van der Waals surface area contributed by atoms with Gasteiger partial charge in [0.2, 0.25) is 0 Å². The molecule has 0 bridgehead atoms. The highest BCUT2D eigenvalue weighted by atomic mass is 32.2. The lowest BCUT2D eigenvalue weighted by molar-refractivity contribution is 0.392. The van der Waals surface area contributed by atoms with E-state index in [9.17, 15) is 8.42 Å². The van der Waals surface area contributed by atoms with E-state index >= 15 is 0 Å². The number of aromatic nitrogens is 1. The molecule has 0 saturated heterocycles. The van der Waals surface area contributed by atoms with Gasteiger partial charge in [-0.15, -0.1) is 0 Å². The highest BCUT2D eigenvalue weighted by Crippen LogP contribution is 2.12. The summed E-state index contributed by atoms with van der Waals surface area (Å²) >= 11 is 0. The predicted octanol–water partition coefficient (Wildman–Crippen LogP) is 2.13.